The first-order chi connectivity index (χ1) is 8.84. The van der Waals surface area contributed by atoms with Crippen LogP contribution in [0.4, 0.5) is 0 Å². The van der Waals surface area contributed by atoms with E-state index in [9.17, 15) is 4.79 Å². The summed E-state index contributed by atoms with van der Waals surface area (Å²) in [7, 11) is 2.22. The maximum absolute atomic E-state index is 12.2. The minimum absolute atomic E-state index is 0.227. The number of unbranched alkanes of at least 4 members (excludes halogenated alkanes) is 1. The lowest BCUT2D eigenvalue weighted by atomic mass is 9.95. The maximum Gasteiger partial charge on any atom is 0.238 e. The van der Waals surface area contributed by atoms with E-state index in [1.54, 1.807) is 0 Å². The van der Waals surface area contributed by atoms with Gasteiger partial charge in [-0.2, -0.15) is 0 Å². The van der Waals surface area contributed by atoms with Crippen LogP contribution in [0.1, 0.15) is 46.5 Å². The molecule has 1 heterocycles. The number of hydrogen-bond acceptors (Lipinski definition) is 2. The van der Waals surface area contributed by atoms with E-state index in [1.807, 2.05) is 18.7 Å². The molecule has 4 heteroatoms. The molecule has 1 amide bonds. The Morgan fingerprint density at radius 3 is 2.42 bits per heavy atom. The van der Waals surface area contributed by atoms with Crippen molar-refractivity contribution >= 4 is 21.8 Å². The molecule has 1 saturated heterocycles. The zero-order valence-corrected chi connectivity index (χ0v) is 14.5. The average Bonchev–Trinajstić information content (AvgIpc) is 2.35. The summed E-state index contributed by atoms with van der Waals surface area (Å²) >= 11 is 3.46. The summed E-state index contributed by atoms with van der Waals surface area (Å²) in [5.74, 6) is 0.981. The van der Waals surface area contributed by atoms with Crippen LogP contribution >= 0.6 is 15.9 Å². The summed E-state index contributed by atoms with van der Waals surface area (Å²) in [5.41, 5.74) is 0. The standard InChI is InChI=1S/C15H29BrN2O/c1-5-6-9-17(4)12-13-7-10-18(11-8-13)14(19)15(2,3)16/h13H,5-12H2,1-4H3. The van der Waals surface area contributed by atoms with Gasteiger partial charge in [0.05, 0.1) is 4.32 Å². The Bertz CT molecular complexity index is 280. The van der Waals surface area contributed by atoms with Crippen molar-refractivity contribution in [1.29, 1.82) is 0 Å². The number of hydrogen-bond donors (Lipinski definition) is 0. The van der Waals surface area contributed by atoms with E-state index in [1.165, 1.54) is 25.9 Å². The van der Waals surface area contributed by atoms with Gasteiger partial charge in [-0.1, -0.05) is 29.3 Å². The maximum atomic E-state index is 12.2. The summed E-state index contributed by atoms with van der Waals surface area (Å²) in [6, 6.07) is 0. The number of carbonyl (C=O) groups excluding carboxylic acids is 1. The second-order valence-electron chi connectivity index (χ2n) is 6.32. The number of alkyl halides is 1. The molecule has 0 bridgehead atoms. The molecule has 112 valence electrons. The predicted molar refractivity (Wildman–Crippen MR) is 84.7 cm³/mol. The second kappa shape index (κ2) is 7.63. The first-order valence-electron chi connectivity index (χ1n) is 7.51. The van der Waals surface area contributed by atoms with E-state index in [0.717, 1.165) is 31.8 Å². The van der Waals surface area contributed by atoms with E-state index in [4.69, 9.17) is 0 Å². The van der Waals surface area contributed by atoms with Gasteiger partial charge in [0.25, 0.3) is 0 Å². The normalized spacial score (nSPS) is 18.1. The minimum atomic E-state index is -0.419. The summed E-state index contributed by atoms with van der Waals surface area (Å²) in [4.78, 5) is 16.6. The van der Waals surface area contributed by atoms with Gasteiger partial charge >= 0.3 is 0 Å². The molecule has 1 aliphatic rings. The zero-order valence-electron chi connectivity index (χ0n) is 12.9. The third-order valence-electron chi connectivity index (χ3n) is 3.87. The second-order valence-corrected chi connectivity index (χ2v) is 8.31. The van der Waals surface area contributed by atoms with Gasteiger partial charge in [0.2, 0.25) is 5.91 Å². The summed E-state index contributed by atoms with van der Waals surface area (Å²) < 4.78 is -0.419. The highest BCUT2D eigenvalue weighted by Crippen LogP contribution is 2.24. The van der Waals surface area contributed by atoms with Crippen LogP contribution in [-0.2, 0) is 4.79 Å². The van der Waals surface area contributed by atoms with E-state index >= 15 is 0 Å². The smallest absolute Gasteiger partial charge is 0.238 e. The fraction of sp³-hybridized carbons (Fsp3) is 0.933. The molecule has 3 nitrogen and oxygen atoms in total. The van der Waals surface area contributed by atoms with E-state index < -0.39 is 4.32 Å². The lowest BCUT2D eigenvalue weighted by molar-refractivity contribution is -0.134. The average molecular weight is 333 g/mol. The van der Waals surface area contributed by atoms with Crippen LogP contribution in [0.3, 0.4) is 0 Å². The molecule has 0 aromatic heterocycles. The van der Waals surface area contributed by atoms with Crippen molar-refractivity contribution in [1.82, 2.24) is 9.80 Å². The van der Waals surface area contributed by atoms with Gasteiger partial charge < -0.3 is 9.80 Å². The predicted octanol–water partition coefficient (Wildman–Crippen LogP) is 3.13. The lowest BCUT2D eigenvalue weighted by Crippen LogP contribution is -2.46. The first kappa shape index (κ1) is 17.0. The number of halogens is 1. The SMILES string of the molecule is CCCCN(C)CC1CCN(C(=O)C(C)(C)Br)CC1. The van der Waals surface area contributed by atoms with Gasteiger partial charge in [-0.15, -0.1) is 0 Å². The van der Waals surface area contributed by atoms with Gasteiger partial charge in [-0.25, -0.2) is 0 Å². The first-order valence-corrected chi connectivity index (χ1v) is 8.30. The highest BCUT2D eigenvalue weighted by atomic mass is 79.9. The van der Waals surface area contributed by atoms with Crippen molar-refractivity contribution in [3.8, 4) is 0 Å². The van der Waals surface area contributed by atoms with E-state index in [0.29, 0.717) is 0 Å². The topological polar surface area (TPSA) is 23.6 Å². The fourth-order valence-electron chi connectivity index (χ4n) is 2.65. The third kappa shape index (κ3) is 5.82. The van der Waals surface area contributed by atoms with Crippen LogP contribution in [0.25, 0.3) is 0 Å². The van der Waals surface area contributed by atoms with Gasteiger partial charge in [0.1, 0.15) is 0 Å². The van der Waals surface area contributed by atoms with Gasteiger partial charge in [0, 0.05) is 19.6 Å². The number of likely N-dealkylation sites (tertiary alicyclic amines) is 1. The lowest BCUT2D eigenvalue weighted by Gasteiger charge is -2.36. The van der Waals surface area contributed by atoms with Crippen LogP contribution in [-0.4, -0.2) is 53.3 Å². The highest BCUT2D eigenvalue weighted by Gasteiger charge is 2.31. The Balaban J connectivity index is 2.31. The Hall–Kier alpha value is -0.0900. The minimum Gasteiger partial charge on any atom is -0.341 e. The number of rotatable bonds is 6. The van der Waals surface area contributed by atoms with Crippen molar-refractivity contribution in [3.05, 3.63) is 0 Å². The molecule has 0 atom stereocenters. The Labute approximate surface area is 126 Å². The van der Waals surface area contributed by atoms with Crippen LogP contribution in [0.2, 0.25) is 0 Å². The molecule has 0 aliphatic carbocycles. The molecule has 1 aliphatic heterocycles. The monoisotopic (exact) mass is 332 g/mol. The third-order valence-corrected chi connectivity index (χ3v) is 4.21. The molecule has 1 fully saturated rings. The van der Waals surface area contributed by atoms with Crippen molar-refractivity contribution < 1.29 is 4.79 Å². The Morgan fingerprint density at radius 1 is 1.37 bits per heavy atom. The number of carbonyl (C=O) groups is 1. The molecule has 0 N–H and O–H groups in total. The molecule has 0 radical (unpaired) electrons. The Kier molecular flexibility index (Phi) is 6.81. The van der Waals surface area contributed by atoms with E-state index in [-0.39, 0.29) is 5.91 Å². The Morgan fingerprint density at radius 2 is 1.95 bits per heavy atom. The fourth-order valence-corrected chi connectivity index (χ4v) is 2.91. The molecule has 1 rings (SSSR count). The highest BCUT2D eigenvalue weighted by molar-refractivity contribution is 9.10. The van der Waals surface area contributed by atoms with Gasteiger partial charge in [-0.05, 0) is 52.6 Å². The summed E-state index contributed by atoms with van der Waals surface area (Å²) in [5, 5.41) is 0. The van der Waals surface area contributed by atoms with Crippen molar-refractivity contribution in [2.75, 3.05) is 33.2 Å². The van der Waals surface area contributed by atoms with Crippen molar-refractivity contribution in [2.45, 2.75) is 50.8 Å². The molecular weight excluding hydrogens is 304 g/mol. The zero-order chi connectivity index (χ0) is 14.5. The number of nitrogens with zero attached hydrogens (tertiary/aromatic N) is 2. The number of piperidine rings is 1. The molecule has 0 aromatic rings. The van der Waals surface area contributed by atoms with Gasteiger partial charge in [-0.3, -0.25) is 4.79 Å². The molecule has 0 unspecified atom stereocenters. The van der Waals surface area contributed by atoms with E-state index in [2.05, 4.69) is 34.8 Å². The van der Waals surface area contributed by atoms with Crippen LogP contribution in [0.5, 0.6) is 0 Å². The molecular formula is C15H29BrN2O. The molecule has 0 aromatic carbocycles. The summed E-state index contributed by atoms with van der Waals surface area (Å²) in [6.45, 7) is 10.3. The van der Waals surface area contributed by atoms with Crippen LogP contribution < -0.4 is 0 Å². The van der Waals surface area contributed by atoms with Crippen molar-refractivity contribution in [3.63, 3.8) is 0 Å². The molecule has 0 spiro atoms. The largest absolute Gasteiger partial charge is 0.341 e. The van der Waals surface area contributed by atoms with Crippen LogP contribution in [0, 0.1) is 5.92 Å². The van der Waals surface area contributed by atoms with Gasteiger partial charge in [0.15, 0.2) is 0 Å². The molecule has 19 heavy (non-hydrogen) atoms. The van der Waals surface area contributed by atoms with Crippen LogP contribution in [0.15, 0.2) is 0 Å². The van der Waals surface area contributed by atoms with Crippen molar-refractivity contribution in [2.24, 2.45) is 5.92 Å². The summed E-state index contributed by atoms with van der Waals surface area (Å²) in [6.07, 6.45) is 4.83. The number of amides is 1. The quantitative estimate of drug-likeness (QED) is 0.697. The molecule has 0 saturated carbocycles.